The van der Waals surface area contributed by atoms with Gasteiger partial charge in [-0.3, -0.25) is 9.59 Å². The molecule has 1 aromatic carbocycles. The molecule has 0 saturated heterocycles. The summed E-state index contributed by atoms with van der Waals surface area (Å²) >= 11 is 0. The van der Waals surface area contributed by atoms with Crippen molar-refractivity contribution in [2.24, 2.45) is 0 Å². The van der Waals surface area contributed by atoms with Crippen LogP contribution >= 0.6 is 0 Å². The van der Waals surface area contributed by atoms with Gasteiger partial charge in [-0.25, -0.2) is 0 Å². The van der Waals surface area contributed by atoms with E-state index in [1.165, 1.54) is 0 Å². The van der Waals surface area contributed by atoms with Crippen LogP contribution in [0.3, 0.4) is 0 Å². The summed E-state index contributed by atoms with van der Waals surface area (Å²) in [7, 11) is 0. The number of nitrogens with one attached hydrogen (secondary N) is 1. The summed E-state index contributed by atoms with van der Waals surface area (Å²) in [5.41, 5.74) is 2.16. The van der Waals surface area contributed by atoms with Crippen LogP contribution in [0, 0.1) is 6.92 Å². The van der Waals surface area contributed by atoms with Crippen molar-refractivity contribution in [2.75, 3.05) is 0 Å². The molecule has 1 N–H and O–H groups in total. The molecule has 0 aliphatic rings. The average Bonchev–Trinajstić information content (AvgIpc) is 3.14. The molecule has 0 bridgehead atoms. The van der Waals surface area contributed by atoms with Gasteiger partial charge in [0.05, 0.1) is 5.56 Å². The van der Waals surface area contributed by atoms with Crippen LogP contribution in [-0.2, 0) is 17.8 Å². The van der Waals surface area contributed by atoms with Gasteiger partial charge < -0.3 is 14.4 Å². The highest BCUT2D eigenvalue weighted by Crippen LogP contribution is 2.15. The first kappa shape index (κ1) is 19.5. The molecule has 2 heterocycles. The molecule has 0 atom stereocenters. The van der Waals surface area contributed by atoms with Crippen molar-refractivity contribution < 1.29 is 9.32 Å². The molecule has 1 amide bonds. The maximum atomic E-state index is 12.7. The highest BCUT2D eigenvalue weighted by Gasteiger charge is 2.16. The first-order chi connectivity index (χ1) is 13.5. The summed E-state index contributed by atoms with van der Waals surface area (Å²) in [5, 5.41) is 6.78. The predicted molar refractivity (Wildman–Crippen MR) is 106 cm³/mol. The SMILES string of the molecule is Cc1ccc(-c2noc(CCC(=O)NCc3ccccc3)n2)c(=O)n1C(C)C. The number of benzene rings is 1. The Bertz CT molecular complexity index is 1010. The highest BCUT2D eigenvalue weighted by molar-refractivity contribution is 5.76. The van der Waals surface area contributed by atoms with Crippen LogP contribution in [0.1, 0.15) is 43.5 Å². The summed E-state index contributed by atoms with van der Waals surface area (Å²) in [6.45, 7) is 6.27. The molecule has 28 heavy (non-hydrogen) atoms. The van der Waals surface area contributed by atoms with Crippen molar-refractivity contribution in [2.45, 2.75) is 46.2 Å². The minimum atomic E-state index is -0.150. The second-order valence-corrected chi connectivity index (χ2v) is 6.93. The quantitative estimate of drug-likeness (QED) is 0.680. The van der Waals surface area contributed by atoms with Crippen molar-refractivity contribution >= 4 is 5.91 Å². The van der Waals surface area contributed by atoms with Crippen molar-refractivity contribution in [1.29, 1.82) is 0 Å². The molecule has 2 aromatic heterocycles. The smallest absolute Gasteiger partial charge is 0.262 e. The summed E-state index contributed by atoms with van der Waals surface area (Å²) in [5.74, 6) is 0.487. The molecule has 0 spiro atoms. The van der Waals surface area contributed by atoms with Crippen LogP contribution in [-0.4, -0.2) is 20.6 Å². The van der Waals surface area contributed by atoms with Crippen LogP contribution in [0.2, 0.25) is 0 Å². The Morgan fingerprint density at radius 1 is 1.18 bits per heavy atom. The number of hydrogen-bond donors (Lipinski definition) is 1. The topological polar surface area (TPSA) is 90.0 Å². The van der Waals surface area contributed by atoms with Crippen molar-refractivity contribution in [3.8, 4) is 11.4 Å². The third kappa shape index (κ3) is 4.54. The molecule has 0 saturated carbocycles. The lowest BCUT2D eigenvalue weighted by Gasteiger charge is -2.14. The fraction of sp³-hybridized carbons (Fsp3) is 0.333. The Kier molecular flexibility index (Phi) is 6.03. The van der Waals surface area contributed by atoms with Gasteiger partial charge in [-0.2, -0.15) is 4.98 Å². The Labute approximate surface area is 163 Å². The summed E-state index contributed by atoms with van der Waals surface area (Å²) < 4.78 is 6.93. The number of hydrogen-bond acceptors (Lipinski definition) is 5. The Morgan fingerprint density at radius 3 is 2.64 bits per heavy atom. The lowest BCUT2D eigenvalue weighted by atomic mass is 10.2. The molecular weight excluding hydrogens is 356 g/mol. The van der Waals surface area contributed by atoms with Gasteiger partial charge in [0.15, 0.2) is 0 Å². The largest absolute Gasteiger partial charge is 0.352 e. The van der Waals surface area contributed by atoms with E-state index in [4.69, 9.17) is 4.52 Å². The molecule has 0 fully saturated rings. The van der Waals surface area contributed by atoms with E-state index >= 15 is 0 Å². The van der Waals surface area contributed by atoms with Gasteiger partial charge in [-0.15, -0.1) is 0 Å². The maximum absolute atomic E-state index is 12.7. The number of carbonyl (C=O) groups is 1. The molecule has 7 nitrogen and oxygen atoms in total. The molecule has 0 aliphatic heterocycles. The maximum Gasteiger partial charge on any atom is 0.262 e. The Hall–Kier alpha value is -3.22. The zero-order chi connectivity index (χ0) is 20.1. The molecule has 3 aromatic rings. The van der Waals surface area contributed by atoms with E-state index in [1.54, 1.807) is 10.6 Å². The summed E-state index contributed by atoms with van der Waals surface area (Å²) in [6.07, 6.45) is 0.552. The Morgan fingerprint density at radius 2 is 1.93 bits per heavy atom. The van der Waals surface area contributed by atoms with Gasteiger partial charge in [-0.05, 0) is 38.5 Å². The van der Waals surface area contributed by atoms with E-state index in [-0.39, 0.29) is 29.8 Å². The van der Waals surface area contributed by atoms with E-state index in [9.17, 15) is 9.59 Å². The minimum absolute atomic E-state index is 0.0344. The monoisotopic (exact) mass is 380 g/mol. The van der Waals surface area contributed by atoms with Crippen LogP contribution < -0.4 is 10.9 Å². The number of carbonyl (C=O) groups excluding carboxylic acids is 1. The number of rotatable bonds is 7. The van der Waals surface area contributed by atoms with Crippen LogP contribution in [0.4, 0.5) is 0 Å². The van der Waals surface area contributed by atoms with Gasteiger partial charge in [0.1, 0.15) is 0 Å². The second-order valence-electron chi connectivity index (χ2n) is 6.93. The van der Waals surface area contributed by atoms with E-state index < -0.39 is 0 Å². The standard InChI is InChI=1S/C21H24N4O3/c1-14(2)25-15(3)9-10-17(21(25)27)20-23-19(28-24-20)12-11-18(26)22-13-16-7-5-4-6-8-16/h4-10,14H,11-13H2,1-3H3,(H,22,26). The van der Waals surface area contributed by atoms with Gasteiger partial charge in [-0.1, -0.05) is 35.5 Å². The zero-order valence-electron chi connectivity index (χ0n) is 16.3. The number of amides is 1. The molecule has 0 unspecified atom stereocenters. The Balaban J connectivity index is 1.62. The molecule has 146 valence electrons. The normalized spacial score (nSPS) is 11.0. The molecule has 0 aliphatic carbocycles. The summed E-state index contributed by atoms with van der Waals surface area (Å²) in [4.78, 5) is 29.0. The fourth-order valence-corrected chi connectivity index (χ4v) is 3.03. The zero-order valence-corrected chi connectivity index (χ0v) is 16.3. The van der Waals surface area contributed by atoms with Gasteiger partial charge in [0.2, 0.25) is 17.6 Å². The first-order valence-corrected chi connectivity index (χ1v) is 9.31. The van der Waals surface area contributed by atoms with E-state index in [2.05, 4.69) is 15.5 Å². The van der Waals surface area contributed by atoms with Crippen molar-refractivity contribution in [3.05, 3.63) is 70.0 Å². The van der Waals surface area contributed by atoms with Crippen LogP contribution in [0.25, 0.3) is 11.4 Å². The molecule has 3 rings (SSSR count). The number of aromatic nitrogens is 3. The first-order valence-electron chi connectivity index (χ1n) is 9.31. The van der Waals surface area contributed by atoms with Gasteiger partial charge in [0.25, 0.3) is 5.56 Å². The summed E-state index contributed by atoms with van der Waals surface area (Å²) in [6, 6.07) is 13.3. The number of nitrogens with zero attached hydrogens (tertiary/aromatic N) is 3. The van der Waals surface area contributed by atoms with Crippen molar-refractivity contribution in [1.82, 2.24) is 20.0 Å². The van der Waals surface area contributed by atoms with Crippen LogP contribution in [0.5, 0.6) is 0 Å². The molecular formula is C21H24N4O3. The number of aryl methyl sites for hydroxylation is 2. The minimum Gasteiger partial charge on any atom is -0.352 e. The predicted octanol–water partition coefficient (Wildman–Crippen LogP) is 3.04. The average molecular weight is 380 g/mol. The molecule has 0 radical (unpaired) electrons. The lowest BCUT2D eigenvalue weighted by Crippen LogP contribution is -2.25. The van der Waals surface area contributed by atoms with Crippen LogP contribution in [0.15, 0.2) is 51.8 Å². The van der Waals surface area contributed by atoms with Gasteiger partial charge in [0, 0.05) is 31.1 Å². The fourth-order valence-electron chi connectivity index (χ4n) is 3.03. The highest BCUT2D eigenvalue weighted by atomic mass is 16.5. The second kappa shape index (κ2) is 8.65. The van der Waals surface area contributed by atoms with E-state index in [0.29, 0.717) is 24.4 Å². The number of pyridine rings is 1. The van der Waals surface area contributed by atoms with Gasteiger partial charge >= 0.3 is 0 Å². The third-order valence-electron chi connectivity index (χ3n) is 4.44. The van der Waals surface area contributed by atoms with E-state index in [1.807, 2.05) is 57.2 Å². The molecule has 7 heteroatoms. The van der Waals surface area contributed by atoms with Crippen molar-refractivity contribution in [3.63, 3.8) is 0 Å². The third-order valence-corrected chi connectivity index (χ3v) is 4.44. The lowest BCUT2D eigenvalue weighted by molar-refractivity contribution is -0.121. The van der Waals surface area contributed by atoms with E-state index in [0.717, 1.165) is 11.3 Å².